The Bertz CT molecular complexity index is 492. The quantitative estimate of drug-likeness (QED) is 0.419. The predicted molar refractivity (Wildman–Crippen MR) is 103 cm³/mol. The molecule has 1 atom stereocenters. The summed E-state index contributed by atoms with van der Waals surface area (Å²) in [6.07, 6.45) is 9.76. The monoisotopic (exact) mass is 349 g/mol. The van der Waals surface area contributed by atoms with Crippen molar-refractivity contribution in [3.63, 3.8) is 0 Å². The lowest BCUT2D eigenvalue weighted by atomic mass is 10.0. The molecule has 0 amide bonds. The van der Waals surface area contributed by atoms with E-state index in [1.807, 2.05) is 0 Å². The van der Waals surface area contributed by atoms with E-state index in [0.29, 0.717) is 19.3 Å². The smallest absolute Gasteiger partial charge is 0.143 e. The summed E-state index contributed by atoms with van der Waals surface area (Å²) in [5.41, 5.74) is 2.81. The maximum absolute atomic E-state index is 8.62. The van der Waals surface area contributed by atoms with Gasteiger partial charge in [0, 0.05) is 30.8 Å². The number of aliphatic hydroxyl groups excluding tert-OH is 1. The fraction of sp³-hybridized carbons (Fsp3) is 0.714. The average Bonchev–Trinajstić information content (AvgIpc) is 3.05. The molecule has 0 fully saturated rings. The summed E-state index contributed by atoms with van der Waals surface area (Å²) in [4.78, 5) is 2.60. The average molecular weight is 350 g/mol. The van der Waals surface area contributed by atoms with E-state index < -0.39 is 0 Å². The Morgan fingerprint density at radius 1 is 1.12 bits per heavy atom. The lowest BCUT2D eigenvalue weighted by Crippen LogP contribution is -2.33. The van der Waals surface area contributed by atoms with Gasteiger partial charge in [-0.25, -0.2) is 0 Å². The minimum atomic E-state index is -0.218. The van der Waals surface area contributed by atoms with Crippen LogP contribution in [0.4, 0.5) is 5.69 Å². The Morgan fingerprint density at radius 2 is 2.00 bits per heavy atom. The third-order valence-corrected chi connectivity index (χ3v) is 5.08. The Balaban J connectivity index is 1.90. The number of ether oxygens (including phenoxy) is 2. The van der Waals surface area contributed by atoms with E-state index in [4.69, 9.17) is 14.6 Å². The SMILES string of the molecule is CCCCCCC(CC)N1CCc2ccc(OCCCOCO)cc21. The molecule has 1 aliphatic rings. The van der Waals surface area contributed by atoms with E-state index in [-0.39, 0.29) is 6.79 Å². The second-order valence-electron chi connectivity index (χ2n) is 6.88. The van der Waals surface area contributed by atoms with E-state index in [2.05, 4.69) is 36.9 Å². The van der Waals surface area contributed by atoms with Crippen molar-refractivity contribution in [3.8, 4) is 5.75 Å². The summed E-state index contributed by atoms with van der Waals surface area (Å²) in [7, 11) is 0. The van der Waals surface area contributed by atoms with Crippen LogP contribution < -0.4 is 9.64 Å². The number of benzene rings is 1. The number of rotatable bonds is 13. The Morgan fingerprint density at radius 3 is 2.76 bits per heavy atom. The molecule has 0 spiro atoms. The van der Waals surface area contributed by atoms with Gasteiger partial charge in [0.15, 0.2) is 0 Å². The van der Waals surface area contributed by atoms with Crippen molar-refractivity contribution in [2.45, 2.75) is 71.3 Å². The lowest BCUT2D eigenvalue weighted by Gasteiger charge is -2.30. The summed E-state index contributed by atoms with van der Waals surface area (Å²) in [5.74, 6) is 0.940. The van der Waals surface area contributed by atoms with Gasteiger partial charge in [-0.2, -0.15) is 0 Å². The number of nitrogens with zero attached hydrogens (tertiary/aromatic N) is 1. The van der Waals surface area contributed by atoms with E-state index >= 15 is 0 Å². The standard InChI is InChI=1S/C21H35NO3/c1-3-5-6-7-9-19(4-2)22-13-12-18-10-11-20(16-21(18)22)25-15-8-14-24-17-23/h10-11,16,19,23H,3-9,12-15,17H2,1-2H3. The topological polar surface area (TPSA) is 41.9 Å². The molecule has 1 N–H and O–H groups in total. The molecule has 0 saturated heterocycles. The van der Waals surface area contributed by atoms with Crippen molar-refractivity contribution in [2.24, 2.45) is 0 Å². The first-order valence-corrected chi connectivity index (χ1v) is 10.0. The number of aliphatic hydroxyl groups is 1. The third kappa shape index (κ3) is 6.19. The maximum Gasteiger partial charge on any atom is 0.143 e. The molecule has 1 aliphatic heterocycles. The Labute approximate surface area is 153 Å². The highest BCUT2D eigenvalue weighted by Gasteiger charge is 2.25. The van der Waals surface area contributed by atoms with Gasteiger partial charge in [-0.1, -0.05) is 45.6 Å². The van der Waals surface area contributed by atoms with Gasteiger partial charge < -0.3 is 19.5 Å². The number of hydrogen-bond donors (Lipinski definition) is 1. The summed E-state index contributed by atoms with van der Waals surface area (Å²) in [6, 6.07) is 7.16. The van der Waals surface area contributed by atoms with Crippen LogP contribution in [-0.4, -0.2) is 37.7 Å². The van der Waals surface area contributed by atoms with Crippen LogP contribution in [0.15, 0.2) is 18.2 Å². The van der Waals surface area contributed by atoms with Crippen molar-refractivity contribution in [2.75, 3.05) is 31.5 Å². The molecule has 1 heterocycles. The van der Waals surface area contributed by atoms with Gasteiger partial charge in [-0.15, -0.1) is 0 Å². The van der Waals surface area contributed by atoms with Gasteiger partial charge in [-0.3, -0.25) is 0 Å². The molecular formula is C21H35NO3. The molecule has 0 aliphatic carbocycles. The zero-order valence-corrected chi connectivity index (χ0v) is 16.0. The van der Waals surface area contributed by atoms with Gasteiger partial charge in [0.1, 0.15) is 12.5 Å². The molecule has 0 bridgehead atoms. The van der Waals surface area contributed by atoms with E-state index in [9.17, 15) is 0 Å². The highest BCUT2D eigenvalue weighted by molar-refractivity contribution is 5.61. The molecular weight excluding hydrogens is 314 g/mol. The van der Waals surface area contributed by atoms with Gasteiger partial charge in [0.2, 0.25) is 0 Å². The molecule has 0 radical (unpaired) electrons. The number of hydrogen-bond acceptors (Lipinski definition) is 4. The highest BCUT2D eigenvalue weighted by Crippen LogP contribution is 2.35. The molecule has 142 valence electrons. The molecule has 2 rings (SSSR count). The molecule has 1 aromatic carbocycles. The first kappa shape index (κ1) is 20.1. The van der Waals surface area contributed by atoms with Crippen LogP contribution in [-0.2, 0) is 11.2 Å². The maximum atomic E-state index is 8.62. The lowest BCUT2D eigenvalue weighted by molar-refractivity contribution is -0.00530. The minimum Gasteiger partial charge on any atom is -0.493 e. The van der Waals surface area contributed by atoms with Crippen LogP contribution in [0.5, 0.6) is 5.75 Å². The first-order chi connectivity index (χ1) is 12.3. The van der Waals surface area contributed by atoms with E-state index in [1.54, 1.807) is 0 Å². The number of anilines is 1. The van der Waals surface area contributed by atoms with Gasteiger partial charge >= 0.3 is 0 Å². The van der Waals surface area contributed by atoms with Gasteiger partial charge in [0.05, 0.1) is 13.2 Å². The largest absolute Gasteiger partial charge is 0.493 e. The van der Waals surface area contributed by atoms with E-state index in [1.165, 1.54) is 49.8 Å². The molecule has 0 saturated carbocycles. The van der Waals surface area contributed by atoms with Crippen molar-refractivity contribution in [1.29, 1.82) is 0 Å². The zero-order chi connectivity index (χ0) is 17.9. The van der Waals surface area contributed by atoms with Crippen molar-refractivity contribution in [3.05, 3.63) is 23.8 Å². The van der Waals surface area contributed by atoms with E-state index in [0.717, 1.165) is 25.1 Å². The van der Waals surface area contributed by atoms with Gasteiger partial charge in [-0.05, 0) is 30.9 Å². The number of unbranched alkanes of at least 4 members (excludes halogenated alkanes) is 3. The Hall–Kier alpha value is -1.26. The fourth-order valence-electron chi connectivity index (χ4n) is 3.66. The van der Waals surface area contributed by atoms with Crippen LogP contribution in [0, 0.1) is 0 Å². The predicted octanol–water partition coefficient (Wildman–Crippen LogP) is 4.53. The normalized spacial score (nSPS) is 14.6. The van der Waals surface area contributed by atoms with Crippen LogP contribution in [0.3, 0.4) is 0 Å². The van der Waals surface area contributed by atoms with Crippen LogP contribution >= 0.6 is 0 Å². The third-order valence-electron chi connectivity index (χ3n) is 5.08. The van der Waals surface area contributed by atoms with Crippen molar-refractivity contribution < 1.29 is 14.6 Å². The van der Waals surface area contributed by atoms with Gasteiger partial charge in [0.25, 0.3) is 0 Å². The molecule has 0 aromatic heterocycles. The van der Waals surface area contributed by atoms with Crippen molar-refractivity contribution in [1.82, 2.24) is 0 Å². The van der Waals surface area contributed by atoms with Crippen LogP contribution in [0.1, 0.15) is 64.4 Å². The molecule has 25 heavy (non-hydrogen) atoms. The molecule has 1 unspecified atom stereocenters. The fourth-order valence-corrected chi connectivity index (χ4v) is 3.66. The molecule has 4 nitrogen and oxygen atoms in total. The molecule has 4 heteroatoms. The Kier molecular flexibility index (Phi) is 9.12. The summed E-state index contributed by atoms with van der Waals surface area (Å²) < 4.78 is 10.8. The van der Waals surface area contributed by atoms with Crippen LogP contribution in [0.2, 0.25) is 0 Å². The number of fused-ring (bicyclic) bond motifs is 1. The second kappa shape index (κ2) is 11.4. The van der Waals surface area contributed by atoms with Crippen LogP contribution in [0.25, 0.3) is 0 Å². The second-order valence-corrected chi connectivity index (χ2v) is 6.88. The summed E-state index contributed by atoms with van der Waals surface area (Å²) in [5, 5.41) is 8.62. The zero-order valence-electron chi connectivity index (χ0n) is 16.0. The first-order valence-electron chi connectivity index (χ1n) is 10.0. The summed E-state index contributed by atoms with van der Waals surface area (Å²) in [6.45, 7) is 6.64. The summed E-state index contributed by atoms with van der Waals surface area (Å²) >= 11 is 0. The van der Waals surface area contributed by atoms with Crippen molar-refractivity contribution >= 4 is 5.69 Å². The molecule has 1 aromatic rings. The highest BCUT2D eigenvalue weighted by atomic mass is 16.6. The minimum absolute atomic E-state index is 0.218.